The third kappa shape index (κ3) is 3.15. The maximum Gasteiger partial charge on any atom is 0.339 e. The van der Waals surface area contributed by atoms with Crippen molar-refractivity contribution in [1.82, 2.24) is 0 Å². The van der Waals surface area contributed by atoms with Crippen molar-refractivity contribution < 1.29 is 23.8 Å². The third-order valence-corrected chi connectivity index (χ3v) is 4.22. The topological polar surface area (TPSA) is 73.9 Å². The molecule has 0 saturated carbocycles. The van der Waals surface area contributed by atoms with E-state index in [1.54, 1.807) is 44.4 Å². The first-order valence-corrected chi connectivity index (χ1v) is 7.81. The van der Waals surface area contributed by atoms with Crippen molar-refractivity contribution in [1.29, 1.82) is 0 Å². The molecule has 0 saturated heterocycles. The van der Waals surface area contributed by atoms with E-state index < -0.39 is 17.5 Å². The molecule has 1 amide bonds. The Hall–Kier alpha value is -3.02. The average Bonchev–Trinajstić information content (AvgIpc) is 2.61. The quantitative estimate of drug-likeness (QED) is 0.866. The van der Waals surface area contributed by atoms with Crippen LogP contribution in [0.15, 0.2) is 42.5 Å². The Bertz CT molecular complexity index is 832. The lowest BCUT2D eigenvalue weighted by Crippen LogP contribution is -2.48. The summed E-state index contributed by atoms with van der Waals surface area (Å²) in [4.78, 5) is 25.0. The van der Waals surface area contributed by atoms with Crippen LogP contribution in [-0.2, 0) is 16.0 Å². The zero-order chi connectivity index (χ0) is 18.0. The number of carbonyl (C=O) groups excluding carboxylic acids is 2. The molecule has 0 aliphatic carbocycles. The number of esters is 1. The van der Waals surface area contributed by atoms with E-state index in [0.717, 1.165) is 5.56 Å². The second-order valence-electron chi connectivity index (χ2n) is 5.97. The van der Waals surface area contributed by atoms with Gasteiger partial charge in [0.25, 0.3) is 5.91 Å². The second kappa shape index (κ2) is 6.47. The van der Waals surface area contributed by atoms with Crippen LogP contribution in [0.2, 0.25) is 0 Å². The van der Waals surface area contributed by atoms with E-state index in [-0.39, 0.29) is 0 Å². The maximum atomic E-state index is 12.8. The number of cyclic esters (lactones) is 1. The Morgan fingerprint density at radius 2 is 1.92 bits per heavy atom. The summed E-state index contributed by atoms with van der Waals surface area (Å²) in [7, 11) is 3.05. The van der Waals surface area contributed by atoms with E-state index in [9.17, 15) is 9.59 Å². The van der Waals surface area contributed by atoms with Gasteiger partial charge in [0.2, 0.25) is 0 Å². The molecule has 0 bridgehead atoms. The molecule has 0 aromatic heterocycles. The highest BCUT2D eigenvalue weighted by Crippen LogP contribution is 2.32. The van der Waals surface area contributed by atoms with Gasteiger partial charge in [0.05, 0.1) is 25.5 Å². The van der Waals surface area contributed by atoms with E-state index in [1.807, 2.05) is 12.1 Å². The molecule has 0 spiro atoms. The summed E-state index contributed by atoms with van der Waals surface area (Å²) in [5.41, 5.74) is 0.466. The zero-order valence-corrected chi connectivity index (χ0v) is 14.3. The standard InChI is InChI=1S/C19H19NO5/c1-19(11-12-6-4-5-7-14(12)17(21)25-19)18(22)20-15-9-8-13(23-2)10-16(15)24-3/h4-10H,11H2,1-3H3,(H,20,22)/t19-/m0/s1. The summed E-state index contributed by atoms with van der Waals surface area (Å²) in [5, 5.41) is 2.78. The molecular formula is C19H19NO5. The summed E-state index contributed by atoms with van der Waals surface area (Å²) in [6.45, 7) is 1.60. The van der Waals surface area contributed by atoms with Gasteiger partial charge in [0.1, 0.15) is 11.5 Å². The van der Waals surface area contributed by atoms with Gasteiger partial charge >= 0.3 is 5.97 Å². The molecular weight excluding hydrogens is 322 g/mol. The normalized spacial score (nSPS) is 18.8. The van der Waals surface area contributed by atoms with Crippen molar-refractivity contribution in [3.8, 4) is 11.5 Å². The number of hydrogen-bond donors (Lipinski definition) is 1. The van der Waals surface area contributed by atoms with Crippen LogP contribution in [-0.4, -0.2) is 31.7 Å². The minimum Gasteiger partial charge on any atom is -0.497 e. The van der Waals surface area contributed by atoms with Crippen LogP contribution < -0.4 is 14.8 Å². The lowest BCUT2D eigenvalue weighted by Gasteiger charge is -2.33. The number of benzene rings is 2. The first-order valence-electron chi connectivity index (χ1n) is 7.81. The molecule has 1 atom stereocenters. The monoisotopic (exact) mass is 341 g/mol. The number of anilines is 1. The summed E-state index contributed by atoms with van der Waals surface area (Å²) in [6.07, 6.45) is 0.305. The molecule has 1 aliphatic rings. The lowest BCUT2D eigenvalue weighted by atomic mass is 9.89. The largest absolute Gasteiger partial charge is 0.497 e. The number of nitrogens with one attached hydrogen (secondary N) is 1. The third-order valence-electron chi connectivity index (χ3n) is 4.22. The first kappa shape index (κ1) is 16.8. The number of hydrogen-bond acceptors (Lipinski definition) is 5. The molecule has 6 nitrogen and oxygen atoms in total. The molecule has 1 N–H and O–H groups in total. The first-order chi connectivity index (χ1) is 12.0. The van der Waals surface area contributed by atoms with Crippen LogP contribution in [0, 0.1) is 0 Å². The number of fused-ring (bicyclic) bond motifs is 1. The lowest BCUT2D eigenvalue weighted by molar-refractivity contribution is -0.134. The Labute approximate surface area is 145 Å². The summed E-state index contributed by atoms with van der Waals surface area (Å²) >= 11 is 0. The van der Waals surface area contributed by atoms with E-state index in [0.29, 0.717) is 29.2 Å². The molecule has 2 aromatic rings. The number of ether oxygens (including phenoxy) is 3. The van der Waals surface area contributed by atoms with Crippen LogP contribution in [0.1, 0.15) is 22.8 Å². The fraction of sp³-hybridized carbons (Fsp3) is 0.263. The predicted molar refractivity (Wildman–Crippen MR) is 92.1 cm³/mol. The fourth-order valence-corrected chi connectivity index (χ4v) is 2.82. The van der Waals surface area contributed by atoms with Gasteiger partial charge in [-0.3, -0.25) is 4.79 Å². The van der Waals surface area contributed by atoms with Crippen LogP contribution in [0.4, 0.5) is 5.69 Å². The highest BCUT2D eigenvalue weighted by molar-refractivity contribution is 6.03. The van der Waals surface area contributed by atoms with Gasteiger partial charge in [-0.2, -0.15) is 0 Å². The van der Waals surface area contributed by atoms with Crippen LogP contribution >= 0.6 is 0 Å². The van der Waals surface area contributed by atoms with Crippen molar-refractivity contribution in [2.75, 3.05) is 19.5 Å². The number of carbonyl (C=O) groups is 2. The number of methoxy groups -OCH3 is 2. The second-order valence-corrected chi connectivity index (χ2v) is 5.97. The molecule has 1 aliphatic heterocycles. The van der Waals surface area contributed by atoms with Crippen molar-refractivity contribution in [3.63, 3.8) is 0 Å². The molecule has 1 heterocycles. The van der Waals surface area contributed by atoms with Crippen LogP contribution in [0.25, 0.3) is 0 Å². The molecule has 0 radical (unpaired) electrons. The van der Waals surface area contributed by atoms with Gasteiger partial charge in [-0.1, -0.05) is 18.2 Å². The molecule has 25 heavy (non-hydrogen) atoms. The van der Waals surface area contributed by atoms with Gasteiger partial charge in [0.15, 0.2) is 5.60 Å². The predicted octanol–water partition coefficient (Wildman–Crippen LogP) is 2.81. The highest BCUT2D eigenvalue weighted by atomic mass is 16.6. The summed E-state index contributed by atoms with van der Waals surface area (Å²) in [6, 6.07) is 12.2. The Balaban J connectivity index is 1.85. The van der Waals surface area contributed by atoms with Gasteiger partial charge in [-0.15, -0.1) is 0 Å². The SMILES string of the molecule is COc1ccc(NC(=O)[C@]2(C)Cc3ccccc3C(=O)O2)c(OC)c1. The highest BCUT2D eigenvalue weighted by Gasteiger charge is 2.42. The molecule has 3 rings (SSSR count). The van der Waals surface area contributed by atoms with E-state index >= 15 is 0 Å². The summed E-state index contributed by atoms with van der Waals surface area (Å²) in [5.74, 6) is 0.151. The van der Waals surface area contributed by atoms with E-state index in [1.165, 1.54) is 7.11 Å². The van der Waals surface area contributed by atoms with Crippen molar-refractivity contribution >= 4 is 17.6 Å². The minimum absolute atomic E-state index is 0.305. The van der Waals surface area contributed by atoms with E-state index in [4.69, 9.17) is 14.2 Å². The molecule has 130 valence electrons. The molecule has 0 unspecified atom stereocenters. The minimum atomic E-state index is -1.30. The Kier molecular flexibility index (Phi) is 4.35. The van der Waals surface area contributed by atoms with Crippen LogP contribution in [0.5, 0.6) is 11.5 Å². The Morgan fingerprint density at radius 1 is 1.16 bits per heavy atom. The van der Waals surface area contributed by atoms with Crippen molar-refractivity contribution in [2.24, 2.45) is 0 Å². The van der Waals surface area contributed by atoms with Gasteiger partial charge in [0, 0.05) is 12.5 Å². The fourth-order valence-electron chi connectivity index (χ4n) is 2.82. The molecule has 6 heteroatoms. The van der Waals surface area contributed by atoms with Gasteiger partial charge < -0.3 is 19.5 Å². The maximum absolute atomic E-state index is 12.8. The van der Waals surface area contributed by atoms with Gasteiger partial charge in [-0.05, 0) is 30.7 Å². The van der Waals surface area contributed by atoms with Gasteiger partial charge in [-0.25, -0.2) is 4.79 Å². The van der Waals surface area contributed by atoms with Crippen molar-refractivity contribution in [3.05, 3.63) is 53.6 Å². The average molecular weight is 341 g/mol. The Morgan fingerprint density at radius 3 is 2.64 bits per heavy atom. The van der Waals surface area contributed by atoms with Crippen LogP contribution in [0.3, 0.4) is 0 Å². The number of amides is 1. The smallest absolute Gasteiger partial charge is 0.339 e. The molecule has 0 fully saturated rings. The van der Waals surface area contributed by atoms with Crippen molar-refractivity contribution in [2.45, 2.75) is 18.9 Å². The zero-order valence-electron chi connectivity index (χ0n) is 14.3. The molecule has 2 aromatic carbocycles. The number of rotatable bonds is 4. The van der Waals surface area contributed by atoms with E-state index in [2.05, 4.69) is 5.32 Å². The summed E-state index contributed by atoms with van der Waals surface area (Å²) < 4.78 is 15.9.